The van der Waals surface area contributed by atoms with E-state index >= 15 is 0 Å². The van der Waals surface area contributed by atoms with Gasteiger partial charge < -0.3 is 9.84 Å². The fraction of sp³-hybridized carbons (Fsp3) is 0.636. The number of hydrogen-bond acceptors (Lipinski definition) is 6. The highest BCUT2D eigenvalue weighted by molar-refractivity contribution is 7.48. The molecule has 226 valence electrons. The summed E-state index contributed by atoms with van der Waals surface area (Å²) in [5, 5.41) is 10.3. The van der Waals surface area contributed by atoms with E-state index in [-0.39, 0.29) is 26.4 Å². The zero-order chi connectivity index (χ0) is 28.6. The van der Waals surface area contributed by atoms with Crippen molar-refractivity contribution < 1.29 is 28.0 Å². The van der Waals surface area contributed by atoms with Gasteiger partial charge in [-0.2, -0.15) is 0 Å². The fourth-order valence-corrected chi connectivity index (χ4v) is 5.60. The SMILES string of the molecule is CCCCCCCCCCCCCCCCOC[C@@H](O)COP(=O)(OCc1ccccc1)OCc1ccccc1. The topological polar surface area (TPSA) is 74.2 Å². The molecule has 0 fully saturated rings. The number of hydrogen-bond donors (Lipinski definition) is 1. The minimum absolute atomic E-state index is 0.0820. The van der Waals surface area contributed by atoms with Crippen molar-refractivity contribution in [1.29, 1.82) is 0 Å². The number of ether oxygens (including phenoxy) is 1. The maximum atomic E-state index is 13.3. The third-order valence-electron chi connectivity index (χ3n) is 6.84. The Balaban J connectivity index is 1.52. The summed E-state index contributed by atoms with van der Waals surface area (Å²) in [6.45, 7) is 2.96. The first-order chi connectivity index (χ1) is 19.6. The Labute approximate surface area is 243 Å². The lowest BCUT2D eigenvalue weighted by molar-refractivity contribution is -0.00263. The molecule has 40 heavy (non-hydrogen) atoms. The van der Waals surface area contributed by atoms with Crippen LogP contribution in [0.1, 0.15) is 108 Å². The van der Waals surface area contributed by atoms with Crippen molar-refractivity contribution in [3.63, 3.8) is 0 Å². The van der Waals surface area contributed by atoms with Crippen LogP contribution in [0.15, 0.2) is 60.7 Å². The van der Waals surface area contributed by atoms with Crippen molar-refractivity contribution in [1.82, 2.24) is 0 Å². The highest BCUT2D eigenvalue weighted by atomic mass is 31.2. The number of aliphatic hydroxyl groups is 1. The molecule has 0 aromatic heterocycles. The molecule has 0 saturated heterocycles. The molecule has 0 aliphatic heterocycles. The van der Waals surface area contributed by atoms with Gasteiger partial charge in [-0.15, -0.1) is 0 Å². The molecule has 2 rings (SSSR count). The molecular formula is C33H53O6P. The lowest BCUT2D eigenvalue weighted by atomic mass is 10.0. The van der Waals surface area contributed by atoms with Gasteiger partial charge in [-0.05, 0) is 17.5 Å². The molecular weight excluding hydrogens is 523 g/mol. The van der Waals surface area contributed by atoms with Crippen LogP contribution in [0.2, 0.25) is 0 Å². The van der Waals surface area contributed by atoms with Crippen LogP contribution in [-0.2, 0) is 36.1 Å². The summed E-state index contributed by atoms with van der Waals surface area (Å²) in [4.78, 5) is 0. The molecule has 0 unspecified atom stereocenters. The number of benzene rings is 2. The van der Waals surface area contributed by atoms with Gasteiger partial charge >= 0.3 is 7.82 Å². The van der Waals surface area contributed by atoms with Crippen molar-refractivity contribution in [3.05, 3.63) is 71.8 Å². The monoisotopic (exact) mass is 576 g/mol. The maximum absolute atomic E-state index is 13.3. The van der Waals surface area contributed by atoms with Crippen molar-refractivity contribution in [2.75, 3.05) is 19.8 Å². The first-order valence-corrected chi connectivity index (χ1v) is 16.9. The van der Waals surface area contributed by atoms with Gasteiger partial charge in [0, 0.05) is 6.61 Å². The molecule has 6 nitrogen and oxygen atoms in total. The summed E-state index contributed by atoms with van der Waals surface area (Å²) < 4.78 is 35.6. The largest absolute Gasteiger partial charge is 0.475 e. The predicted molar refractivity (Wildman–Crippen MR) is 163 cm³/mol. The van der Waals surface area contributed by atoms with Gasteiger partial charge in [0.05, 0.1) is 26.4 Å². The molecule has 0 amide bonds. The second-order valence-corrected chi connectivity index (χ2v) is 12.3. The number of rotatable bonds is 26. The van der Waals surface area contributed by atoms with Crippen molar-refractivity contribution in [2.45, 2.75) is 116 Å². The molecule has 0 spiro atoms. The van der Waals surface area contributed by atoms with Crippen LogP contribution < -0.4 is 0 Å². The normalized spacial score (nSPS) is 12.6. The Morgan fingerprint density at radius 1 is 0.600 bits per heavy atom. The van der Waals surface area contributed by atoms with Gasteiger partial charge in [-0.1, -0.05) is 151 Å². The van der Waals surface area contributed by atoms with E-state index in [0.717, 1.165) is 24.0 Å². The Hall–Kier alpha value is -1.53. The van der Waals surface area contributed by atoms with Crippen LogP contribution in [0.3, 0.4) is 0 Å². The first-order valence-electron chi connectivity index (χ1n) is 15.5. The average molecular weight is 577 g/mol. The molecule has 2 aromatic carbocycles. The second-order valence-electron chi connectivity index (χ2n) is 10.6. The van der Waals surface area contributed by atoms with E-state index in [1.165, 1.54) is 77.0 Å². The van der Waals surface area contributed by atoms with E-state index in [1.807, 2.05) is 60.7 Å². The Bertz CT molecular complexity index is 832. The van der Waals surface area contributed by atoms with Crippen LogP contribution >= 0.6 is 7.82 Å². The standard InChI is InChI=1S/C33H53O6P/c1-2-3-4-5-6-7-8-9-10-11-12-13-14-21-26-36-29-33(34)30-39-40(35,37-27-31-22-17-15-18-23-31)38-28-32-24-19-16-20-25-32/h15-20,22-25,33-34H,2-14,21,26-30H2,1H3/t33-/m1/s1. The van der Waals surface area contributed by atoms with Gasteiger partial charge in [-0.3, -0.25) is 13.6 Å². The number of unbranched alkanes of at least 4 members (excludes halogenated alkanes) is 13. The van der Waals surface area contributed by atoms with Crippen LogP contribution in [0.4, 0.5) is 0 Å². The Kier molecular flexibility index (Phi) is 20.0. The highest BCUT2D eigenvalue weighted by Crippen LogP contribution is 2.51. The molecule has 0 radical (unpaired) electrons. The van der Waals surface area contributed by atoms with Crippen molar-refractivity contribution >= 4 is 7.82 Å². The van der Waals surface area contributed by atoms with Gasteiger partial charge in [0.2, 0.25) is 0 Å². The van der Waals surface area contributed by atoms with E-state index in [2.05, 4.69) is 6.92 Å². The lowest BCUT2D eigenvalue weighted by Crippen LogP contribution is -2.22. The average Bonchev–Trinajstić information content (AvgIpc) is 2.99. The smallest absolute Gasteiger partial charge is 0.388 e. The minimum Gasteiger partial charge on any atom is -0.388 e. The highest BCUT2D eigenvalue weighted by Gasteiger charge is 2.28. The molecule has 7 heteroatoms. The lowest BCUT2D eigenvalue weighted by Gasteiger charge is -2.20. The zero-order valence-electron chi connectivity index (χ0n) is 24.7. The van der Waals surface area contributed by atoms with Gasteiger partial charge in [0.1, 0.15) is 6.10 Å². The quantitative estimate of drug-likeness (QED) is 0.0888. The van der Waals surface area contributed by atoms with E-state index in [0.29, 0.717) is 6.61 Å². The fourth-order valence-electron chi connectivity index (χ4n) is 4.41. The minimum atomic E-state index is -3.90. The maximum Gasteiger partial charge on any atom is 0.475 e. The van der Waals surface area contributed by atoms with E-state index in [1.54, 1.807) is 0 Å². The van der Waals surface area contributed by atoms with E-state index < -0.39 is 13.9 Å². The third-order valence-corrected chi connectivity index (χ3v) is 8.20. The summed E-state index contributed by atoms with van der Waals surface area (Å²) >= 11 is 0. The first kappa shape index (κ1) is 34.7. The van der Waals surface area contributed by atoms with Gasteiger partial charge in [0.25, 0.3) is 0 Å². The molecule has 0 aliphatic carbocycles. The summed E-state index contributed by atoms with van der Waals surface area (Å²) in [6.07, 6.45) is 17.5. The number of phosphoric acid groups is 1. The van der Waals surface area contributed by atoms with Gasteiger partial charge in [-0.25, -0.2) is 4.57 Å². The third kappa shape index (κ3) is 18.0. The van der Waals surface area contributed by atoms with Crippen LogP contribution in [0.25, 0.3) is 0 Å². The molecule has 1 N–H and O–H groups in total. The Morgan fingerprint density at radius 3 is 1.48 bits per heavy atom. The molecule has 2 aromatic rings. The van der Waals surface area contributed by atoms with Crippen LogP contribution in [0.5, 0.6) is 0 Å². The summed E-state index contributed by atoms with van der Waals surface area (Å²) in [5.41, 5.74) is 1.71. The van der Waals surface area contributed by atoms with Crippen LogP contribution in [0, 0.1) is 0 Å². The summed E-state index contributed by atoms with van der Waals surface area (Å²) in [5.74, 6) is 0. The molecule has 0 aliphatic rings. The number of phosphoric ester groups is 1. The molecule has 0 saturated carbocycles. The van der Waals surface area contributed by atoms with Crippen molar-refractivity contribution in [2.24, 2.45) is 0 Å². The Morgan fingerprint density at radius 2 is 1.02 bits per heavy atom. The van der Waals surface area contributed by atoms with E-state index in [4.69, 9.17) is 18.3 Å². The molecule has 1 atom stereocenters. The summed E-state index contributed by atoms with van der Waals surface area (Å²) in [7, 11) is -3.90. The van der Waals surface area contributed by atoms with Gasteiger partial charge in [0.15, 0.2) is 0 Å². The number of aliphatic hydroxyl groups excluding tert-OH is 1. The second kappa shape index (κ2) is 23.1. The zero-order valence-corrected chi connectivity index (χ0v) is 25.6. The molecule has 0 bridgehead atoms. The predicted octanol–water partition coefficient (Wildman–Crippen LogP) is 9.40. The van der Waals surface area contributed by atoms with Crippen LogP contribution in [-0.4, -0.2) is 31.0 Å². The summed E-state index contributed by atoms with van der Waals surface area (Å²) in [6, 6.07) is 18.8. The van der Waals surface area contributed by atoms with E-state index in [9.17, 15) is 9.67 Å². The molecule has 0 heterocycles. The van der Waals surface area contributed by atoms with Crippen molar-refractivity contribution in [3.8, 4) is 0 Å².